The standard InChI is InChI=1S/C14H24N2O2/c1-4-12-5-6-14(18-12)13(9-15)16-7-8-17-10-11(2)3/h5-6,13,16H,2,4,7-10,15H2,1,3H3. The van der Waals surface area contributed by atoms with Gasteiger partial charge in [-0.3, -0.25) is 0 Å². The van der Waals surface area contributed by atoms with Crippen LogP contribution in [0.4, 0.5) is 0 Å². The summed E-state index contributed by atoms with van der Waals surface area (Å²) in [6, 6.07) is 4.04. The summed E-state index contributed by atoms with van der Waals surface area (Å²) < 4.78 is 11.1. The first-order valence-electron chi connectivity index (χ1n) is 6.41. The Kier molecular flexibility index (Phi) is 6.72. The van der Waals surface area contributed by atoms with E-state index in [1.807, 2.05) is 19.1 Å². The van der Waals surface area contributed by atoms with Crippen LogP contribution in [0, 0.1) is 0 Å². The van der Waals surface area contributed by atoms with Crippen molar-refractivity contribution < 1.29 is 9.15 Å². The van der Waals surface area contributed by atoms with Gasteiger partial charge in [-0.15, -0.1) is 0 Å². The van der Waals surface area contributed by atoms with Gasteiger partial charge in [0.05, 0.1) is 19.3 Å². The van der Waals surface area contributed by atoms with E-state index >= 15 is 0 Å². The third-order valence-corrected chi connectivity index (χ3v) is 2.60. The van der Waals surface area contributed by atoms with Gasteiger partial charge in [-0.2, -0.15) is 0 Å². The molecular weight excluding hydrogens is 228 g/mol. The van der Waals surface area contributed by atoms with Crippen LogP contribution in [0.25, 0.3) is 0 Å². The minimum atomic E-state index is 0.0544. The molecule has 0 radical (unpaired) electrons. The monoisotopic (exact) mass is 252 g/mol. The largest absolute Gasteiger partial charge is 0.464 e. The van der Waals surface area contributed by atoms with E-state index in [-0.39, 0.29) is 6.04 Å². The summed E-state index contributed by atoms with van der Waals surface area (Å²) in [5, 5.41) is 3.32. The van der Waals surface area contributed by atoms with E-state index in [4.69, 9.17) is 14.9 Å². The molecule has 1 aromatic rings. The van der Waals surface area contributed by atoms with Crippen molar-refractivity contribution in [1.29, 1.82) is 0 Å². The maximum absolute atomic E-state index is 5.74. The summed E-state index contributed by atoms with van der Waals surface area (Å²) in [5.74, 6) is 1.89. The van der Waals surface area contributed by atoms with E-state index in [1.165, 1.54) is 0 Å². The average molecular weight is 252 g/mol. The van der Waals surface area contributed by atoms with Gasteiger partial charge in [0.25, 0.3) is 0 Å². The summed E-state index contributed by atoms with van der Waals surface area (Å²) in [4.78, 5) is 0. The number of hydrogen-bond donors (Lipinski definition) is 2. The van der Waals surface area contributed by atoms with Crippen molar-refractivity contribution in [3.63, 3.8) is 0 Å². The van der Waals surface area contributed by atoms with Crippen molar-refractivity contribution in [3.05, 3.63) is 35.8 Å². The summed E-state index contributed by atoms with van der Waals surface area (Å²) in [5.41, 5.74) is 6.77. The minimum Gasteiger partial charge on any atom is -0.464 e. The van der Waals surface area contributed by atoms with E-state index < -0.39 is 0 Å². The molecule has 0 fully saturated rings. The molecule has 4 heteroatoms. The molecule has 0 aliphatic carbocycles. The van der Waals surface area contributed by atoms with Gasteiger partial charge in [0, 0.05) is 19.5 Å². The highest BCUT2D eigenvalue weighted by Gasteiger charge is 2.12. The number of hydrogen-bond acceptors (Lipinski definition) is 4. The van der Waals surface area contributed by atoms with Gasteiger partial charge in [-0.25, -0.2) is 0 Å². The topological polar surface area (TPSA) is 60.4 Å². The van der Waals surface area contributed by atoms with E-state index in [0.29, 0.717) is 19.8 Å². The third kappa shape index (κ3) is 5.04. The van der Waals surface area contributed by atoms with Crippen molar-refractivity contribution in [1.82, 2.24) is 5.32 Å². The van der Waals surface area contributed by atoms with Crippen LogP contribution in [-0.4, -0.2) is 26.3 Å². The molecule has 0 saturated heterocycles. The molecule has 0 aromatic carbocycles. The molecule has 102 valence electrons. The van der Waals surface area contributed by atoms with Crippen LogP contribution >= 0.6 is 0 Å². The number of aryl methyl sites for hydroxylation is 1. The predicted molar refractivity (Wildman–Crippen MR) is 73.5 cm³/mol. The molecular formula is C14H24N2O2. The number of rotatable bonds is 9. The molecule has 1 atom stereocenters. The Bertz CT molecular complexity index is 360. The lowest BCUT2D eigenvalue weighted by Gasteiger charge is -2.14. The van der Waals surface area contributed by atoms with Gasteiger partial charge in [0.15, 0.2) is 0 Å². The molecule has 0 amide bonds. The first kappa shape index (κ1) is 15.0. The molecule has 0 saturated carbocycles. The second-order valence-corrected chi connectivity index (χ2v) is 4.41. The van der Waals surface area contributed by atoms with Gasteiger partial charge in [-0.05, 0) is 19.1 Å². The molecule has 0 spiro atoms. The summed E-state index contributed by atoms with van der Waals surface area (Å²) in [6.45, 7) is 10.3. The molecule has 1 aromatic heterocycles. The number of ether oxygens (including phenoxy) is 1. The van der Waals surface area contributed by atoms with E-state index in [2.05, 4.69) is 18.8 Å². The quantitative estimate of drug-likeness (QED) is 0.521. The first-order chi connectivity index (χ1) is 8.67. The molecule has 0 aliphatic heterocycles. The van der Waals surface area contributed by atoms with E-state index in [1.54, 1.807) is 0 Å². The summed E-state index contributed by atoms with van der Waals surface area (Å²) in [6.07, 6.45) is 0.902. The lowest BCUT2D eigenvalue weighted by Crippen LogP contribution is -2.30. The lowest BCUT2D eigenvalue weighted by molar-refractivity contribution is 0.154. The van der Waals surface area contributed by atoms with Crippen LogP contribution in [-0.2, 0) is 11.2 Å². The molecule has 0 aliphatic rings. The van der Waals surface area contributed by atoms with Crippen molar-refractivity contribution in [2.24, 2.45) is 5.73 Å². The zero-order valence-electron chi connectivity index (χ0n) is 11.4. The second kappa shape index (κ2) is 8.08. The smallest absolute Gasteiger partial charge is 0.122 e. The Hall–Kier alpha value is -1.10. The van der Waals surface area contributed by atoms with Crippen molar-refractivity contribution in [3.8, 4) is 0 Å². The van der Waals surface area contributed by atoms with Crippen LogP contribution < -0.4 is 11.1 Å². The summed E-state index contributed by atoms with van der Waals surface area (Å²) in [7, 11) is 0. The fraction of sp³-hybridized carbons (Fsp3) is 0.571. The van der Waals surface area contributed by atoms with E-state index in [0.717, 1.165) is 30.1 Å². The van der Waals surface area contributed by atoms with Gasteiger partial charge in [0.1, 0.15) is 11.5 Å². The zero-order valence-corrected chi connectivity index (χ0v) is 11.4. The highest BCUT2D eigenvalue weighted by Crippen LogP contribution is 2.15. The summed E-state index contributed by atoms with van der Waals surface area (Å²) >= 11 is 0. The second-order valence-electron chi connectivity index (χ2n) is 4.41. The highest BCUT2D eigenvalue weighted by atomic mass is 16.5. The Balaban J connectivity index is 2.31. The number of nitrogens with two attached hydrogens (primary N) is 1. The number of nitrogens with one attached hydrogen (secondary N) is 1. The molecule has 1 heterocycles. The molecule has 1 rings (SSSR count). The van der Waals surface area contributed by atoms with Crippen LogP contribution in [0.1, 0.15) is 31.4 Å². The predicted octanol–water partition coefficient (Wildman–Crippen LogP) is 2.02. The normalized spacial score (nSPS) is 12.6. The van der Waals surface area contributed by atoms with E-state index in [9.17, 15) is 0 Å². The van der Waals surface area contributed by atoms with Crippen molar-refractivity contribution in [2.75, 3.05) is 26.3 Å². The van der Waals surface area contributed by atoms with Gasteiger partial charge in [-0.1, -0.05) is 19.1 Å². The van der Waals surface area contributed by atoms with Gasteiger partial charge < -0.3 is 20.2 Å². The third-order valence-electron chi connectivity index (χ3n) is 2.60. The molecule has 0 bridgehead atoms. The van der Waals surface area contributed by atoms with Gasteiger partial charge >= 0.3 is 0 Å². The molecule has 3 N–H and O–H groups in total. The fourth-order valence-corrected chi connectivity index (χ4v) is 1.62. The Morgan fingerprint density at radius 3 is 2.89 bits per heavy atom. The Labute approximate surface area is 109 Å². The van der Waals surface area contributed by atoms with Crippen LogP contribution in [0.15, 0.2) is 28.7 Å². The van der Waals surface area contributed by atoms with Crippen LogP contribution in [0.5, 0.6) is 0 Å². The SMILES string of the molecule is C=C(C)COCCNC(CN)c1ccc(CC)o1. The van der Waals surface area contributed by atoms with Crippen LogP contribution in [0.2, 0.25) is 0 Å². The molecule has 4 nitrogen and oxygen atoms in total. The molecule has 1 unspecified atom stereocenters. The number of furan rings is 1. The van der Waals surface area contributed by atoms with Crippen molar-refractivity contribution >= 4 is 0 Å². The maximum atomic E-state index is 5.74. The zero-order chi connectivity index (χ0) is 13.4. The average Bonchev–Trinajstić information content (AvgIpc) is 2.82. The Morgan fingerprint density at radius 1 is 1.56 bits per heavy atom. The lowest BCUT2D eigenvalue weighted by atomic mass is 10.2. The maximum Gasteiger partial charge on any atom is 0.122 e. The Morgan fingerprint density at radius 2 is 2.33 bits per heavy atom. The highest BCUT2D eigenvalue weighted by molar-refractivity contribution is 5.11. The van der Waals surface area contributed by atoms with Gasteiger partial charge in [0.2, 0.25) is 0 Å². The van der Waals surface area contributed by atoms with Crippen molar-refractivity contribution in [2.45, 2.75) is 26.3 Å². The molecule has 18 heavy (non-hydrogen) atoms. The first-order valence-corrected chi connectivity index (χ1v) is 6.41. The van der Waals surface area contributed by atoms with Crippen LogP contribution in [0.3, 0.4) is 0 Å². The minimum absolute atomic E-state index is 0.0544. The fourth-order valence-electron chi connectivity index (χ4n) is 1.62.